The summed E-state index contributed by atoms with van der Waals surface area (Å²) in [6.45, 7) is 0.471. The Kier molecular flexibility index (Phi) is 5.65. The highest BCUT2D eigenvalue weighted by Gasteiger charge is 2.27. The molecule has 116 valence electrons. The first-order chi connectivity index (χ1) is 9.94. The Balaban J connectivity index is 1.63. The third-order valence-corrected chi connectivity index (χ3v) is 5.79. The number of benzene rings is 1. The Morgan fingerprint density at radius 1 is 1.29 bits per heavy atom. The van der Waals surface area contributed by atoms with Gasteiger partial charge < -0.3 is 5.32 Å². The van der Waals surface area contributed by atoms with Crippen molar-refractivity contribution in [1.29, 1.82) is 0 Å². The van der Waals surface area contributed by atoms with E-state index >= 15 is 0 Å². The van der Waals surface area contributed by atoms with Crippen LogP contribution >= 0.6 is 11.6 Å². The van der Waals surface area contributed by atoms with Crippen LogP contribution in [0.1, 0.15) is 24.8 Å². The van der Waals surface area contributed by atoms with Crippen molar-refractivity contribution in [3.8, 4) is 0 Å². The summed E-state index contributed by atoms with van der Waals surface area (Å²) >= 11 is 5.81. The van der Waals surface area contributed by atoms with E-state index < -0.39 is 9.84 Å². The summed E-state index contributed by atoms with van der Waals surface area (Å²) in [4.78, 5) is 11.7. The van der Waals surface area contributed by atoms with Crippen molar-refractivity contribution in [3.05, 3.63) is 34.9 Å². The number of hydrogen-bond donors (Lipinski definition) is 1. The van der Waals surface area contributed by atoms with E-state index in [4.69, 9.17) is 11.6 Å². The maximum atomic E-state index is 11.7. The van der Waals surface area contributed by atoms with Crippen LogP contribution in [0.5, 0.6) is 0 Å². The van der Waals surface area contributed by atoms with Gasteiger partial charge in [-0.1, -0.05) is 23.7 Å². The minimum Gasteiger partial charge on any atom is -0.356 e. The number of rotatable bonds is 6. The molecule has 1 aromatic carbocycles. The van der Waals surface area contributed by atoms with Crippen LogP contribution in [-0.4, -0.2) is 32.4 Å². The molecule has 1 aromatic rings. The van der Waals surface area contributed by atoms with E-state index in [2.05, 4.69) is 5.32 Å². The van der Waals surface area contributed by atoms with Gasteiger partial charge in [0.25, 0.3) is 0 Å². The van der Waals surface area contributed by atoms with Gasteiger partial charge in [0.15, 0.2) is 9.84 Å². The lowest BCUT2D eigenvalue weighted by atomic mass is 10.1. The van der Waals surface area contributed by atoms with Crippen LogP contribution < -0.4 is 5.32 Å². The summed E-state index contributed by atoms with van der Waals surface area (Å²) < 4.78 is 22.6. The van der Waals surface area contributed by atoms with Crippen LogP contribution in [0.4, 0.5) is 0 Å². The molecule has 0 radical (unpaired) electrons. The molecular formula is C15H20ClNO3S. The van der Waals surface area contributed by atoms with Gasteiger partial charge in [-0.25, -0.2) is 8.42 Å². The van der Waals surface area contributed by atoms with Gasteiger partial charge >= 0.3 is 0 Å². The van der Waals surface area contributed by atoms with Gasteiger partial charge in [0.05, 0.1) is 11.5 Å². The zero-order valence-corrected chi connectivity index (χ0v) is 13.4. The smallest absolute Gasteiger partial charge is 0.220 e. The van der Waals surface area contributed by atoms with E-state index in [1.54, 1.807) is 0 Å². The van der Waals surface area contributed by atoms with E-state index in [9.17, 15) is 13.2 Å². The largest absolute Gasteiger partial charge is 0.356 e. The Hall–Kier alpha value is -1.07. The van der Waals surface area contributed by atoms with E-state index in [1.165, 1.54) is 0 Å². The Morgan fingerprint density at radius 2 is 2.00 bits per heavy atom. The molecule has 0 bridgehead atoms. The first-order valence-corrected chi connectivity index (χ1v) is 9.36. The predicted octanol–water partition coefficient (Wildman–Crippen LogP) is 2.21. The van der Waals surface area contributed by atoms with Crippen molar-refractivity contribution in [2.75, 3.05) is 18.1 Å². The van der Waals surface area contributed by atoms with E-state index in [0.29, 0.717) is 24.4 Å². The first kappa shape index (κ1) is 16.3. The lowest BCUT2D eigenvalue weighted by Crippen LogP contribution is -2.29. The van der Waals surface area contributed by atoms with Crippen molar-refractivity contribution in [2.45, 2.75) is 25.7 Å². The van der Waals surface area contributed by atoms with Gasteiger partial charge in [-0.05, 0) is 42.9 Å². The number of amides is 1. The molecule has 0 unspecified atom stereocenters. The summed E-state index contributed by atoms with van der Waals surface area (Å²) in [6.07, 6.45) is 2.73. The third-order valence-electron chi connectivity index (χ3n) is 3.70. The quantitative estimate of drug-likeness (QED) is 0.870. The monoisotopic (exact) mass is 329 g/mol. The number of carbonyl (C=O) groups is 1. The fourth-order valence-electron chi connectivity index (χ4n) is 2.48. The summed E-state index contributed by atoms with van der Waals surface area (Å²) in [5.41, 5.74) is 1.16. The molecule has 1 aliphatic rings. The van der Waals surface area contributed by atoms with Crippen LogP contribution in [0.25, 0.3) is 0 Å². The number of aryl methyl sites for hydroxylation is 1. The lowest BCUT2D eigenvalue weighted by molar-refractivity contribution is -0.121. The average molecular weight is 330 g/mol. The predicted molar refractivity (Wildman–Crippen MR) is 84.2 cm³/mol. The minimum absolute atomic E-state index is 0.00624. The molecule has 1 aliphatic heterocycles. The highest BCUT2D eigenvalue weighted by molar-refractivity contribution is 7.91. The maximum absolute atomic E-state index is 11.7. The van der Waals surface area contributed by atoms with E-state index in [-0.39, 0.29) is 23.3 Å². The fraction of sp³-hybridized carbons (Fsp3) is 0.533. The molecule has 0 aromatic heterocycles. The second kappa shape index (κ2) is 7.27. The number of sulfone groups is 1. The number of hydrogen-bond acceptors (Lipinski definition) is 3. The van der Waals surface area contributed by atoms with E-state index in [0.717, 1.165) is 18.4 Å². The average Bonchev–Trinajstić information content (AvgIpc) is 2.78. The normalized spacial score (nSPS) is 20.3. The second-order valence-electron chi connectivity index (χ2n) is 5.55. The molecule has 1 fully saturated rings. The van der Waals surface area contributed by atoms with Gasteiger partial charge in [0, 0.05) is 18.0 Å². The number of carbonyl (C=O) groups excluding carboxylic acids is 1. The summed E-state index contributed by atoms with van der Waals surface area (Å²) in [7, 11) is -2.86. The van der Waals surface area contributed by atoms with Crippen molar-refractivity contribution < 1.29 is 13.2 Å². The van der Waals surface area contributed by atoms with Crippen molar-refractivity contribution in [1.82, 2.24) is 5.32 Å². The summed E-state index contributed by atoms with van der Waals surface area (Å²) in [5.74, 6) is 0.533. The first-order valence-electron chi connectivity index (χ1n) is 7.16. The Labute approximate surface area is 130 Å². The van der Waals surface area contributed by atoms with Crippen molar-refractivity contribution in [2.24, 2.45) is 5.92 Å². The molecule has 0 aliphatic carbocycles. The van der Waals surface area contributed by atoms with Gasteiger partial charge in [0.2, 0.25) is 5.91 Å². The van der Waals surface area contributed by atoms with Crippen LogP contribution in [0.3, 0.4) is 0 Å². The molecule has 0 spiro atoms. The van der Waals surface area contributed by atoms with Crippen LogP contribution in [0.2, 0.25) is 5.02 Å². The third kappa shape index (κ3) is 5.67. The zero-order chi connectivity index (χ0) is 15.3. The van der Waals surface area contributed by atoms with Crippen molar-refractivity contribution in [3.63, 3.8) is 0 Å². The van der Waals surface area contributed by atoms with Gasteiger partial charge in [0.1, 0.15) is 0 Å². The van der Waals surface area contributed by atoms with E-state index in [1.807, 2.05) is 24.3 Å². The number of halogens is 1. The molecule has 4 nitrogen and oxygen atoms in total. The van der Waals surface area contributed by atoms with Gasteiger partial charge in [-0.15, -0.1) is 0 Å². The minimum atomic E-state index is -2.86. The standard InChI is InChI=1S/C15H20ClNO3S/c16-14-6-4-12(5-7-14)2-1-3-15(18)17-10-13-8-9-21(19,20)11-13/h4-7,13H,1-3,8-11H2,(H,17,18)/t13-/m1/s1. The SMILES string of the molecule is O=C(CCCc1ccc(Cl)cc1)NC[C@H]1CCS(=O)(=O)C1. The van der Waals surface area contributed by atoms with Crippen molar-refractivity contribution >= 4 is 27.3 Å². The van der Waals surface area contributed by atoms with Gasteiger partial charge in [-0.3, -0.25) is 4.79 Å². The summed E-state index contributed by atoms with van der Waals surface area (Å²) in [5, 5.41) is 3.54. The number of nitrogens with one attached hydrogen (secondary N) is 1. The maximum Gasteiger partial charge on any atom is 0.220 e. The highest BCUT2D eigenvalue weighted by atomic mass is 35.5. The molecule has 1 N–H and O–H groups in total. The Bertz CT molecular complexity index is 583. The molecule has 6 heteroatoms. The topological polar surface area (TPSA) is 63.2 Å². The van der Waals surface area contributed by atoms with Crippen LogP contribution in [0, 0.1) is 5.92 Å². The van der Waals surface area contributed by atoms with Crippen LogP contribution in [-0.2, 0) is 21.1 Å². The fourth-order valence-corrected chi connectivity index (χ4v) is 4.47. The van der Waals surface area contributed by atoms with Crippen LogP contribution in [0.15, 0.2) is 24.3 Å². The molecule has 2 rings (SSSR count). The zero-order valence-electron chi connectivity index (χ0n) is 11.8. The summed E-state index contributed by atoms with van der Waals surface area (Å²) in [6, 6.07) is 7.61. The Morgan fingerprint density at radius 3 is 2.62 bits per heavy atom. The molecule has 1 saturated heterocycles. The highest BCUT2D eigenvalue weighted by Crippen LogP contribution is 2.17. The second-order valence-corrected chi connectivity index (χ2v) is 8.22. The molecule has 21 heavy (non-hydrogen) atoms. The molecule has 0 saturated carbocycles. The van der Waals surface area contributed by atoms with Gasteiger partial charge in [-0.2, -0.15) is 0 Å². The molecular weight excluding hydrogens is 310 g/mol. The molecule has 1 amide bonds. The molecule has 1 atom stereocenters. The molecule has 1 heterocycles. The lowest BCUT2D eigenvalue weighted by Gasteiger charge is -2.09.